The van der Waals surface area contributed by atoms with Crippen LogP contribution in [0.4, 0.5) is 11.4 Å². The molecule has 2 aromatic rings. The van der Waals surface area contributed by atoms with E-state index in [-0.39, 0.29) is 0 Å². The standard InChI is InChI=1S/C12H14N2O3S/c1-8-4-6-11(7-5-8)14(18(15)16)12-9(2)13-17-10(12)3/h4-7H,1-3H3,(H,15,16). The second-order valence-corrected chi connectivity index (χ2v) is 4.86. The molecule has 0 spiro atoms. The van der Waals surface area contributed by atoms with E-state index in [0.717, 1.165) is 5.56 Å². The number of benzene rings is 1. The van der Waals surface area contributed by atoms with E-state index in [1.807, 2.05) is 19.1 Å². The largest absolute Gasteiger partial charge is 0.359 e. The van der Waals surface area contributed by atoms with Gasteiger partial charge in [-0.1, -0.05) is 22.9 Å². The number of aromatic nitrogens is 1. The molecule has 1 unspecified atom stereocenters. The maximum atomic E-state index is 11.6. The summed E-state index contributed by atoms with van der Waals surface area (Å²) in [6.07, 6.45) is 0. The maximum absolute atomic E-state index is 11.6. The molecule has 1 heterocycles. The van der Waals surface area contributed by atoms with Gasteiger partial charge >= 0.3 is 0 Å². The van der Waals surface area contributed by atoms with Gasteiger partial charge in [0.2, 0.25) is 0 Å². The average Bonchev–Trinajstić information content (AvgIpc) is 2.63. The van der Waals surface area contributed by atoms with Gasteiger partial charge in [-0.15, -0.1) is 0 Å². The van der Waals surface area contributed by atoms with Crippen LogP contribution < -0.4 is 4.31 Å². The van der Waals surface area contributed by atoms with Crippen LogP contribution in [0.25, 0.3) is 0 Å². The summed E-state index contributed by atoms with van der Waals surface area (Å²) in [6, 6.07) is 7.34. The van der Waals surface area contributed by atoms with E-state index in [2.05, 4.69) is 5.16 Å². The van der Waals surface area contributed by atoms with Crippen molar-refractivity contribution in [3.63, 3.8) is 0 Å². The van der Waals surface area contributed by atoms with E-state index >= 15 is 0 Å². The van der Waals surface area contributed by atoms with E-state index < -0.39 is 11.3 Å². The molecule has 1 aromatic carbocycles. The summed E-state index contributed by atoms with van der Waals surface area (Å²) in [5, 5.41) is 3.80. The summed E-state index contributed by atoms with van der Waals surface area (Å²) >= 11 is -2.18. The Hall–Kier alpha value is -1.66. The molecule has 0 amide bonds. The van der Waals surface area contributed by atoms with E-state index in [1.54, 1.807) is 26.0 Å². The van der Waals surface area contributed by atoms with Crippen LogP contribution in [0.5, 0.6) is 0 Å². The maximum Gasteiger partial charge on any atom is 0.266 e. The van der Waals surface area contributed by atoms with Gasteiger partial charge in [-0.2, -0.15) is 0 Å². The molecule has 96 valence electrons. The quantitative estimate of drug-likeness (QED) is 0.867. The van der Waals surface area contributed by atoms with E-state index in [9.17, 15) is 8.76 Å². The molecular weight excluding hydrogens is 252 g/mol. The number of hydrogen-bond acceptors (Lipinski definition) is 3. The summed E-state index contributed by atoms with van der Waals surface area (Å²) < 4.78 is 27.4. The van der Waals surface area contributed by atoms with Crippen molar-refractivity contribution in [1.29, 1.82) is 0 Å². The van der Waals surface area contributed by atoms with Gasteiger partial charge in [0.25, 0.3) is 11.3 Å². The first-order chi connectivity index (χ1) is 8.50. The van der Waals surface area contributed by atoms with Crippen molar-refractivity contribution in [3.8, 4) is 0 Å². The lowest BCUT2D eigenvalue weighted by atomic mass is 10.2. The Labute approximate surface area is 108 Å². The third-order valence-electron chi connectivity index (χ3n) is 2.62. The van der Waals surface area contributed by atoms with Gasteiger partial charge in [-0.05, 0) is 32.9 Å². The smallest absolute Gasteiger partial charge is 0.266 e. The van der Waals surface area contributed by atoms with Crippen molar-refractivity contribution in [2.24, 2.45) is 0 Å². The van der Waals surface area contributed by atoms with Crippen molar-refractivity contribution in [2.75, 3.05) is 4.31 Å². The SMILES string of the molecule is Cc1ccc(N(c2c(C)noc2C)S(=O)O)cc1. The van der Waals surface area contributed by atoms with Crippen LogP contribution in [0.2, 0.25) is 0 Å². The summed E-state index contributed by atoms with van der Waals surface area (Å²) in [7, 11) is 0. The molecule has 0 fully saturated rings. The highest BCUT2D eigenvalue weighted by atomic mass is 32.2. The van der Waals surface area contributed by atoms with Gasteiger partial charge in [0.1, 0.15) is 11.4 Å². The highest BCUT2D eigenvalue weighted by Crippen LogP contribution is 2.32. The molecular formula is C12H14N2O3S. The average molecular weight is 266 g/mol. The van der Waals surface area contributed by atoms with Crippen molar-refractivity contribution in [3.05, 3.63) is 41.3 Å². The molecule has 0 aliphatic heterocycles. The van der Waals surface area contributed by atoms with Crippen molar-refractivity contribution >= 4 is 22.6 Å². The summed E-state index contributed by atoms with van der Waals surface area (Å²) in [5.74, 6) is 0.510. The zero-order valence-corrected chi connectivity index (χ0v) is 11.2. The predicted octanol–water partition coefficient (Wildman–Crippen LogP) is 2.87. The van der Waals surface area contributed by atoms with Gasteiger partial charge in [0, 0.05) is 0 Å². The monoisotopic (exact) mass is 266 g/mol. The first-order valence-corrected chi connectivity index (χ1v) is 6.47. The number of rotatable bonds is 3. The Kier molecular flexibility index (Phi) is 3.49. The predicted molar refractivity (Wildman–Crippen MR) is 70.1 cm³/mol. The fourth-order valence-corrected chi connectivity index (χ4v) is 2.46. The van der Waals surface area contributed by atoms with Crippen LogP contribution in [0.3, 0.4) is 0 Å². The Morgan fingerprint density at radius 2 is 1.83 bits per heavy atom. The molecule has 0 radical (unpaired) electrons. The van der Waals surface area contributed by atoms with Crippen LogP contribution in [0.15, 0.2) is 28.8 Å². The second-order valence-electron chi connectivity index (χ2n) is 4.03. The lowest BCUT2D eigenvalue weighted by molar-refractivity contribution is 0.393. The number of nitrogens with zero attached hydrogens (tertiary/aromatic N) is 2. The fourth-order valence-electron chi connectivity index (χ4n) is 1.75. The molecule has 1 N–H and O–H groups in total. The zero-order chi connectivity index (χ0) is 13.3. The lowest BCUT2D eigenvalue weighted by Crippen LogP contribution is -2.20. The van der Waals surface area contributed by atoms with Gasteiger partial charge in [-0.25, -0.2) is 8.51 Å². The summed E-state index contributed by atoms with van der Waals surface area (Å²) in [4.78, 5) is 0. The lowest BCUT2D eigenvalue weighted by Gasteiger charge is -2.19. The highest BCUT2D eigenvalue weighted by molar-refractivity contribution is 7.81. The molecule has 0 aliphatic carbocycles. The second kappa shape index (κ2) is 4.91. The molecule has 6 heteroatoms. The normalized spacial score (nSPS) is 12.4. The van der Waals surface area contributed by atoms with E-state index in [1.165, 1.54) is 4.31 Å². The summed E-state index contributed by atoms with van der Waals surface area (Å²) in [5.41, 5.74) is 2.81. The topological polar surface area (TPSA) is 66.6 Å². The molecule has 0 aliphatic rings. The third kappa shape index (κ3) is 2.30. The first-order valence-electron chi connectivity index (χ1n) is 5.41. The fraction of sp³-hybridized carbons (Fsp3) is 0.250. The van der Waals surface area contributed by atoms with Crippen LogP contribution in [-0.4, -0.2) is 13.9 Å². The Morgan fingerprint density at radius 3 is 2.28 bits per heavy atom. The highest BCUT2D eigenvalue weighted by Gasteiger charge is 2.22. The number of hydrogen-bond donors (Lipinski definition) is 1. The molecule has 0 saturated carbocycles. The van der Waals surface area contributed by atoms with Crippen LogP contribution in [0, 0.1) is 20.8 Å². The molecule has 2 rings (SSSR count). The summed E-state index contributed by atoms with van der Waals surface area (Å²) in [6.45, 7) is 5.41. The molecule has 0 saturated heterocycles. The minimum Gasteiger partial charge on any atom is -0.359 e. The minimum absolute atomic E-state index is 0.510. The molecule has 5 nitrogen and oxygen atoms in total. The van der Waals surface area contributed by atoms with Gasteiger partial charge in [-0.3, -0.25) is 4.55 Å². The molecule has 18 heavy (non-hydrogen) atoms. The van der Waals surface area contributed by atoms with Crippen LogP contribution >= 0.6 is 0 Å². The first kappa shape index (κ1) is 12.8. The van der Waals surface area contributed by atoms with Crippen molar-refractivity contribution in [1.82, 2.24) is 5.16 Å². The Morgan fingerprint density at radius 1 is 1.22 bits per heavy atom. The van der Waals surface area contributed by atoms with E-state index in [4.69, 9.17) is 4.52 Å². The Bertz CT molecular complexity index is 558. The zero-order valence-electron chi connectivity index (χ0n) is 10.4. The van der Waals surface area contributed by atoms with Gasteiger partial charge in [0.05, 0.1) is 5.69 Å². The molecule has 0 bridgehead atoms. The number of aryl methyl sites for hydroxylation is 3. The molecule has 1 aromatic heterocycles. The number of anilines is 2. The Balaban J connectivity index is 2.53. The van der Waals surface area contributed by atoms with Crippen LogP contribution in [0.1, 0.15) is 17.0 Å². The van der Waals surface area contributed by atoms with Crippen molar-refractivity contribution in [2.45, 2.75) is 20.8 Å². The third-order valence-corrected chi connectivity index (χ3v) is 3.33. The van der Waals surface area contributed by atoms with Gasteiger partial charge < -0.3 is 4.52 Å². The van der Waals surface area contributed by atoms with E-state index in [0.29, 0.717) is 22.8 Å². The van der Waals surface area contributed by atoms with Crippen molar-refractivity contribution < 1.29 is 13.3 Å². The minimum atomic E-state index is -2.18. The van der Waals surface area contributed by atoms with Crippen LogP contribution in [-0.2, 0) is 11.3 Å². The van der Waals surface area contributed by atoms with Gasteiger partial charge in [0.15, 0.2) is 5.76 Å². The molecule has 1 atom stereocenters.